The van der Waals surface area contributed by atoms with Gasteiger partial charge in [0.05, 0.1) is 12.5 Å². The molecule has 10 N–H and O–H groups in total. The monoisotopic (exact) mass is 523 g/mol. The van der Waals surface area contributed by atoms with Gasteiger partial charge in [0.2, 0.25) is 17.7 Å². The van der Waals surface area contributed by atoms with Crippen molar-refractivity contribution in [1.82, 2.24) is 16.0 Å². The number of benzene rings is 1. The minimum absolute atomic E-state index is 0.0219. The van der Waals surface area contributed by atoms with Gasteiger partial charge in [0.1, 0.15) is 23.9 Å². The third kappa shape index (κ3) is 11.3. The van der Waals surface area contributed by atoms with Crippen LogP contribution in [0.3, 0.4) is 0 Å². The van der Waals surface area contributed by atoms with Crippen molar-refractivity contribution in [2.75, 3.05) is 6.54 Å². The fourth-order valence-electron chi connectivity index (χ4n) is 3.33. The molecule has 0 spiro atoms. The van der Waals surface area contributed by atoms with Gasteiger partial charge >= 0.3 is 11.9 Å². The third-order valence-corrected chi connectivity index (χ3v) is 5.60. The molecule has 0 saturated heterocycles. The number of aromatic hydroxyl groups is 1. The molecule has 0 heterocycles. The summed E-state index contributed by atoms with van der Waals surface area (Å²) in [6.45, 7) is 3.82. The van der Waals surface area contributed by atoms with E-state index in [2.05, 4.69) is 16.0 Å². The van der Waals surface area contributed by atoms with Crippen molar-refractivity contribution in [3.63, 3.8) is 0 Å². The Hall–Kier alpha value is -3.71. The van der Waals surface area contributed by atoms with E-state index in [0.717, 1.165) is 0 Å². The van der Waals surface area contributed by atoms with Crippen molar-refractivity contribution >= 4 is 29.7 Å². The SMILES string of the molecule is CC(C)C(N)C(=O)NC(CCCCN)C(=O)NC(CC(=O)O)C(=O)NC(Cc1ccc(O)cc1)C(=O)O. The number of hydrogen-bond acceptors (Lipinski definition) is 8. The number of hydrogen-bond donors (Lipinski definition) is 8. The third-order valence-electron chi connectivity index (χ3n) is 5.60. The first kappa shape index (κ1) is 31.3. The van der Waals surface area contributed by atoms with Crippen molar-refractivity contribution in [3.05, 3.63) is 29.8 Å². The summed E-state index contributed by atoms with van der Waals surface area (Å²) in [6, 6.07) is 0.615. The van der Waals surface area contributed by atoms with Gasteiger partial charge in [-0.25, -0.2) is 4.79 Å². The molecule has 0 aliphatic rings. The van der Waals surface area contributed by atoms with E-state index in [4.69, 9.17) is 11.5 Å². The molecule has 1 aromatic carbocycles. The van der Waals surface area contributed by atoms with Gasteiger partial charge in [0, 0.05) is 6.42 Å². The van der Waals surface area contributed by atoms with Crippen LogP contribution in [0.5, 0.6) is 5.75 Å². The second-order valence-electron chi connectivity index (χ2n) is 9.04. The molecule has 4 atom stereocenters. The second-order valence-corrected chi connectivity index (χ2v) is 9.04. The molecule has 4 unspecified atom stereocenters. The van der Waals surface area contributed by atoms with Gasteiger partial charge in [-0.3, -0.25) is 19.2 Å². The number of unbranched alkanes of at least 4 members (excludes halogenated alkanes) is 1. The fourth-order valence-corrected chi connectivity index (χ4v) is 3.33. The van der Waals surface area contributed by atoms with Crippen LogP contribution in [0, 0.1) is 5.92 Å². The zero-order valence-corrected chi connectivity index (χ0v) is 21.0. The summed E-state index contributed by atoms with van der Waals surface area (Å²) < 4.78 is 0. The summed E-state index contributed by atoms with van der Waals surface area (Å²) in [5, 5.41) is 35.3. The highest BCUT2D eigenvalue weighted by atomic mass is 16.4. The summed E-state index contributed by atoms with van der Waals surface area (Å²) in [5.41, 5.74) is 11.9. The topological polar surface area (TPSA) is 234 Å². The van der Waals surface area contributed by atoms with Crippen LogP contribution in [0.4, 0.5) is 0 Å². The van der Waals surface area contributed by atoms with Crippen molar-refractivity contribution < 1.29 is 39.3 Å². The number of rotatable bonds is 16. The van der Waals surface area contributed by atoms with E-state index >= 15 is 0 Å². The molecule has 3 amide bonds. The van der Waals surface area contributed by atoms with Crippen molar-refractivity contribution in [2.24, 2.45) is 17.4 Å². The summed E-state index contributed by atoms with van der Waals surface area (Å²) in [7, 11) is 0. The largest absolute Gasteiger partial charge is 0.508 e. The first-order valence-electron chi connectivity index (χ1n) is 11.9. The van der Waals surface area contributed by atoms with Crippen LogP contribution in [0.15, 0.2) is 24.3 Å². The maximum Gasteiger partial charge on any atom is 0.326 e. The minimum Gasteiger partial charge on any atom is -0.508 e. The molecule has 0 aliphatic heterocycles. The predicted octanol–water partition coefficient (Wildman–Crippen LogP) is -0.939. The molecule has 37 heavy (non-hydrogen) atoms. The number of carboxylic acids is 2. The molecule has 1 aromatic rings. The summed E-state index contributed by atoms with van der Waals surface area (Å²) in [6.07, 6.45) is 0.222. The molecule has 0 radical (unpaired) electrons. The summed E-state index contributed by atoms with van der Waals surface area (Å²) >= 11 is 0. The number of amides is 3. The Labute approximate surface area is 215 Å². The number of phenols is 1. The zero-order valence-electron chi connectivity index (χ0n) is 21.0. The molecule has 0 bridgehead atoms. The molecule has 0 aromatic heterocycles. The van der Waals surface area contributed by atoms with E-state index in [0.29, 0.717) is 24.9 Å². The number of carbonyl (C=O) groups is 5. The maximum absolute atomic E-state index is 13.0. The van der Waals surface area contributed by atoms with Gasteiger partial charge in [-0.1, -0.05) is 26.0 Å². The number of carbonyl (C=O) groups excluding carboxylic acids is 3. The molecule has 1 rings (SSSR count). The molecule has 206 valence electrons. The minimum atomic E-state index is -1.61. The Kier molecular flexibility index (Phi) is 13.0. The fraction of sp³-hybridized carbons (Fsp3) is 0.542. The molecule has 13 heteroatoms. The lowest BCUT2D eigenvalue weighted by atomic mass is 10.0. The van der Waals surface area contributed by atoms with Crippen molar-refractivity contribution in [2.45, 2.75) is 70.1 Å². The highest BCUT2D eigenvalue weighted by molar-refractivity contribution is 5.95. The Morgan fingerprint density at radius 1 is 0.838 bits per heavy atom. The highest BCUT2D eigenvalue weighted by Crippen LogP contribution is 2.12. The van der Waals surface area contributed by atoms with E-state index in [1.165, 1.54) is 24.3 Å². The lowest BCUT2D eigenvalue weighted by Gasteiger charge is -2.25. The number of nitrogens with two attached hydrogens (primary N) is 2. The Morgan fingerprint density at radius 3 is 1.89 bits per heavy atom. The van der Waals surface area contributed by atoms with E-state index in [9.17, 15) is 39.3 Å². The van der Waals surface area contributed by atoms with E-state index in [1.807, 2.05) is 0 Å². The Morgan fingerprint density at radius 2 is 1.38 bits per heavy atom. The summed E-state index contributed by atoms with van der Waals surface area (Å²) in [4.78, 5) is 61.4. The van der Waals surface area contributed by atoms with Crippen LogP contribution in [-0.2, 0) is 30.4 Å². The average Bonchev–Trinajstić information content (AvgIpc) is 2.82. The first-order valence-corrected chi connectivity index (χ1v) is 11.9. The number of carboxylic acid groups (broad SMARTS) is 2. The van der Waals surface area contributed by atoms with Gasteiger partial charge in [-0.05, 0) is 49.4 Å². The van der Waals surface area contributed by atoms with Crippen LogP contribution >= 0.6 is 0 Å². The van der Waals surface area contributed by atoms with Crippen LogP contribution in [-0.4, -0.2) is 75.7 Å². The Balaban J connectivity index is 3.03. The smallest absolute Gasteiger partial charge is 0.326 e. The van der Waals surface area contributed by atoms with Gasteiger partial charge in [-0.2, -0.15) is 0 Å². The number of aliphatic carboxylic acids is 2. The van der Waals surface area contributed by atoms with Crippen LogP contribution in [0.25, 0.3) is 0 Å². The van der Waals surface area contributed by atoms with Crippen molar-refractivity contribution in [3.8, 4) is 5.75 Å². The quantitative estimate of drug-likeness (QED) is 0.124. The summed E-state index contributed by atoms with van der Waals surface area (Å²) in [5.74, 6) is -5.43. The van der Waals surface area contributed by atoms with E-state index in [-0.39, 0.29) is 24.5 Å². The molecular weight excluding hydrogens is 486 g/mol. The Bertz CT molecular complexity index is 938. The number of nitrogens with one attached hydrogen (secondary N) is 3. The standard InChI is InChI=1S/C24H37N5O8/c1-13(2)20(26)23(35)27-16(5-3-4-10-25)21(33)28-17(12-19(31)32)22(34)29-18(24(36)37)11-14-6-8-15(30)9-7-14/h6-9,13,16-18,20,30H,3-5,10-12,25-26H2,1-2H3,(H,27,35)(H,28,33)(H,29,34)(H,31,32)(H,36,37). The predicted molar refractivity (Wildman–Crippen MR) is 133 cm³/mol. The van der Waals surface area contributed by atoms with E-state index < -0.39 is 60.2 Å². The van der Waals surface area contributed by atoms with Gasteiger partial charge < -0.3 is 42.7 Å². The second kappa shape index (κ2) is 15.4. The van der Waals surface area contributed by atoms with Gasteiger partial charge in [-0.15, -0.1) is 0 Å². The normalized spacial score (nSPS) is 14.2. The van der Waals surface area contributed by atoms with Crippen LogP contribution in [0.1, 0.15) is 45.1 Å². The zero-order chi connectivity index (χ0) is 28.1. The van der Waals surface area contributed by atoms with Crippen LogP contribution in [0.2, 0.25) is 0 Å². The highest BCUT2D eigenvalue weighted by Gasteiger charge is 2.32. The molecule has 13 nitrogen and oxygen atoms in total. The lowest BCUT2D eigenvalue weighted by Crippen LogP contribution is -2.58. The lowest BCUT2D eigenvalue weighted by molar-refractivity contribution is -0.143. The van der Waals surface area contributed by atoms with Crippen molar-refractivity contribution in [1.29, 1.82) is 0 Å². The molecular formula is C24H37N5O8. The maximum atomic E-state index is 13.0. The average molecular weight is 524 g/mol. The van der Waals surface area contributed by atoms with Crippen LogP contribution < -0.4 is 27.4 Å². The van der Waals surface area contributed by atoms with Gasteiger partial charge in [0.25, 0.3) is 0 Å². The van der Waals surface area contributed by atoms with Gasteiger partial charge in [0.15, 0.2) is 0 Å². The number of phenolic OH excluding ortho intramolecular Hbond substituents is 1. The molecule has 0 fully saturated rings. The molecule has 0 aliphatic carbocycles. The first-order chi connectivity index (χ1) is 17.3. The van der Waals surface area contributed by atoms with E-state index in [1.54, 1.807) is 13.8 Å². The molecule has 0 saturated carbocycles.